The molecule has 1 aliphatic rings. The van der Waals surface area contributed by atoms with Crippen LogP contribution in [0, 0.1) is 11.8 Å². The Balaban J connectivity index is 2.33. The molecule has 0 radical (unpaired) electrons. The number of benzene rings is 1. The second-order valence-electron chi connectivity index (χ2n) is 6.04. The second kappa shape index (κ2) is 6.29. The first kappa shape index (κ1) is 15.5. The van der Waals surface area contributed by atoms with Gasteiger partial charge in [-0.25, -0.2) is 0 Å². The summed E-state index contributed by atoms with van der Waals surface area (Å²) in [5.41, 5.74) is 0.681. The standard InChI is InChI=1S/C17H24N2O2/c1-5-13-11-19(15(12(2)3)18(4)16(13)20)17(21)14-9-7-6-8-10-14/h6-10,12-13,15H,5,11H2,1-4H3/t13-,15-/m1/s1. The average Bonchev–Trinajstić information content (AvgIpc) is 2.49. The van der Waals surface area contributed by atoms with E-state index in [2.05, 4.69) is 0 Å². The smallest absolute Gasteiger partial charge is 0.255 e. The van der Waals surface area contributed by atoms with Gasteiger partial charge in [0.1, 0.15) is 6.17 Å². The predicted octanol–water partition coefficient (Wildman–Crippen LogP) is 2.61. The van der Waals surface area contributed by atoms with Gasteiger partial charge in [-0.2, -0.15) is 0 Å². The molecule has 2 atom stereocenters. The van der Waals surface area contributed by atoms with Crippen LogP contribution in [0.25, 0.3) is 0 Å². The Labute approximate surface area is 126 Å². The van der Waals surface area contributed by atoms with Crippen LogP contribution in [0.3, 0.4) is 0 Å². The number of nitrogens with zero attached hydrogens (tertiary/aromatic N) is 2. The molecule has 1 aromatic rings. The third-order valence-electron chi connectivity index (χ3n) is 4.20. The van der Waals surface area contributed by atoms with Gasteiger partial charge in [-0.05, 0) is 24.5 Å². The van der Waals surface area contributed by atoms with Crippen molar-refractivity contribution in [2.24, 2.45) is 11.8 Å². The van der Waals surface area contributed by atoms with E-state index in [4.69, 9.17) is 0 Å². The van der Waals surface area contributed by atoms with Gasteiger partial charge in [-0.3, -0.25) is 9.59 Å². The molecule has 0 spiro atoms. The number of hydrogen-bond acceptors (Lipinski definition) is 2. The maximum Gasteiger partial charge on any atom is 0.255 e. The molecular weight excluding hydrogens is 264 g/mol. The largest absolute Gasteiger partial charge is 0.325 e. The normalized spacial score (nSPS) is 22.8. The summed E-state index contributed by atoms with van der Waals surface area (Å²) in [5, 5.41) is 0. The lowest BCUT2D eigenvalue weighted by atomic mass is 9.95. The molecule has 0 aliphatic carbocycles. The molecule has 4 nitrogen and oxygen atoms in total. The van der Waals surface area contributed by atoms with Crippen LogP contribution in [0.4, 0.5) is 0 Å². The quantitative estimate of drug-likeness (QED) is 0.858. The summed E-state index contributed by atoms with van der Waals surface area (Å²) in [7, 11) is 1.81. The Kier molecular flexibility index (Phi) is 4.66. The summed E-state index contributed by atoms with van der Waals surface area (Å²) in [4.78, 5) is 28.8. The summed E-state index contributed by atoms with van der Waals surface area (Å²) in [6.07, 6.45) is 0.583. The second-order valence-corrected chi connectivity index (χ2v) is 6.04. The van der Waals surface area contributed by atoms with Gasteiger partial charge in [-0.15, -0.1) is 0 Å². The molecule has 0 saturated carbocycles. The Hall–Kier alpha value is -1.84. The maximum absolute atomic E-state index is 12.8. The highest BCUT2D eigenvalue weighted by atomic mass is 16.2. The van der Waals surface area contributed by atoms with E-state index in [1.165, 1.54) is 0 Å². The highest BCUT2D eigenvalue weighted by molar-refractivity contribution is 5.95. The summed E-state index contributed by atoms with van der Waals surface area (Å²) >= 11 is 0. The number of hydrogen-bond donors (Lipinski definition) is 0. The van der Waals surface area contributed by atoms with Gasteiger partial charge in [0, 0.05) is 19.2 Å². The van der Waals surface area contributed by atoms with E-state index < -0.39 is 0 Å². The molecule has 1 fully saturated rings. The van der Waals surface area contributed by atoms with Gasteiger partial charge in [0.05, 0.1) is 5.92 Å². The van der Waals surface area contributed by atoms with Crippen LogP contribution in [0.1, 0.15) is 37.6 Å². The van der Waals surface area contributed by atoms with Crippen LogP contribution in [0.2, 0.25) is 0 Å². The summed E-state index contributed by atoms with van der Waals surface area (Å²) in [6.45, 7) is 6.60. The Morgan fingerprint density at radius 3 is 2.43 bits per heavy atom. The molecule has 4 heteroatoms. The zero-order valence-corrected chi connectivity index (χ0v) is 13.2. The summed E-state index contributed by atoms with van der Waals surface area (Å²) in [5.74, 6) is 0.252. The molecule has 2 amide bonds. The molecule has 1 aliphatic heterocycles. The number of carbonyl (C=O) groups excluding carboxylic acids is 2. The molecule has 1 saturated heterocycles. The molecule has 0 bridgehead atoms. The van der Waals surface area contributed by atoms with Crippen LogP contribution < -0.4 is 0 Å². The Morgan fingerprint density at radius 2 is 1.90 bits per heavy atom. The van der Waals surface area contributed by atoms with Gasteiger partial charge in [0.15, 0.2) is 0 Å². The minimum atomic E-state index is -0.173. The van der Waals surface area contributed by atoms with Crippen molar-refractivity contribution in [3.63, 3.8) is 0 Å². The van der Waals surface area contributed by atoms with Crippen LogP contribution in [0.15, 0.2) is 30.3 Å². The van der Waals surface area contributed by atoms with Gasteiger partial charge in [0.25, 0.3) is 5.91 Å². The zero-order chi connectivity index (χ0) is 15.6. The predicted molar refractivity (Wildman–Crippen MR) is 82.7 cm³/mol. The highest BCUT2D eigenvalue weighted by Gasteiger charge is 2.41. The first-order valence-corrected chi connectivity index (χ1v) is 7.60. The van der Waals surface area contributed by atoms with Gasteiger partial charge in [-0.1, -0.05) is 39.0 Å². The van der Waals surface area contributed by atoms with E-state index in [0.29, 0.717) is 12.1 Å². The zero-order valence-electron chi connectivity index (χ0n) is 13.2. The molecule has 2 rings (SSSR count). The third kappa shape index (κ3) is 2.94. The van der Waals surface area contributed by atoms with E-state index in [1.807, 2.05) is 56.0 Å². The first-order valence-electron chi connectivity index (χ1n) is 7.60. The minimum Gasteiger partial charge on any atom is -0.325 e. The van der Waals surface area contributed by atoms with E-state index in [0.717, 1.165) is 6.42 Å². The number of carbonyl (C=O) groups is 2. The van der Waals surface area contributed by atoms with Crippen molar-refractivity contribution in [3.05, 3.63) is 35.9 Å². The lowest BCUT2D eigenvalue weighted by Crippen LogP contribution is -2.62. The van der Waals surface area contributed by atoms with Crippen molar-refractivity contribution in [1.29, 1.82) is 0 Å². The third-order valence-corrected chi connectivity index (χ3v) is 4.20. The SMILES string of the molecule is CC[C@@H]1CN(C(=O)c2ccccc2)[C@H](C(C)C)N(C)C1=O. The molecule has 0 unspecified atom stereocenters. The molecule has 0 aromatic heterocycles. The summed E-state index contributed by atoms with van der Waals surface area (Å²) in [6, 6.07) is 9.30. The lowest BCUT2D eigenvalue weighted by Gasteiger charge is -2.47. The van der Waals surface area contributed by atoms with Crippen LogP contribution in [-0.4, -0.2) is 41.4 Å². The minimum absolute atomic E-state index is 0.00657. The van der Waals surface area contributed by atoms with Crippen molar-refractivity contribution < 1.29 is 9.59 Å². The Bertz CT molecular complexity index is 513. The van der Waals surface area contributed by atoms with Crippen LogP contribution in [0.5, 0.6) is 0 Å². The van der Waals surface area contributed by atoms with Crippen molar-refractivity contribution >= 4 is 11.8 Å². The topological polar surface area (TPSA) is 40.6 Å². The van der Waals surface area contributed by atoms with E-state index >= 15 is 0 Å². The summed E-state index contributed by atoms with van der Waals surface area (Å²) < 4.78 is 0. The number of amides is 2. The molecule has 1 heterocycles. The van der Waals surface area contributed by atoms with Gasteiger partial charge < -0.3 is 9.80 Å². The fraction of sp³-hybridized carbons (Fsp3) is 0.529. The van der Waals surface area contributed by atoms with Crippen molar-refractivity contribution in [2.75, 3.05) is 13.6 Å². The van der Waals surface area contributed by atoms with Crippen molar-refractivity contribution in [2.45, 2.75) is 33.4 Å². The van der Waals surface area contributed by atoms with E-state index in [-0.39, 0.29) is 29.8 Å². The lowest BCUT2D eigenvalue weighted by molar-refractivity contribution is -0.148. The number of rotatable bonds is 3. The maximum atomic E-state index is 12.8. The van der Waals surface area contributed by atoms with E-state index in [1.54, 1.807) is 11.9 Å². The van der Waals surface area contributed by atoms with Crippen molar-refractivity contribution in [1.82, 2.24) is 9.80 Å². The molecule has 0 N–H and O–H groups in total. The monoisotopic (exact) mass is 288 g/mol. The van der Waals surface area contributed by atoms with Gasteiger partial charge in [0.2, 0.25) is 5.91 Å². The molecule has 114 valence electrons. The fourth-order valence-corrected chi connectivity index (χ4v) is 3.11. The van der Waals surface area contributed by atoms with E-state index in [9.17, 15) is 9.59 Å². The first-order chi connectivity index (χ1) is 9.97. The highest BCUT2D eigenvalue weighted by Crippen LogP contribution is 2.27. The van der Waals surface area contributed by atoms with Crippen LogP contribution >= 0.6 is 0 Å². The Morgan fingerprint density at radius 1 is 1.29 bits per heavy atom. The fourth-order valence-electron chi connectivity index (χ4n) is 3.11. The van der Waals surface area contributed by atoms with Gasteiger partial charge >= 0.3 is 0 Å². The van der Waals surface area contributed by atoms with Crippen LogP contribution in [-0.2, 0) is 4.79 Å². The molecule has 1 aromatic carbocycles. The molecule has 21 heavy (non-hydrogen) atoms. The van der Waals surface area contributed by atoms with Crippen molar-refractivity contribution in [3.8, 4) is 0 Å². The average molecular weight is 288 g/mol. The molecular formula is C17H24N2O2.